The van der Waals surface area contributed by atoms with E-state index in [9.17, 15) is 9.59 Å². The predicted molar refractivity (Wildman–Crippen MR) is 75.7 cm³/mol. The largest absolute Gasteiger partial charge is 0.481 e. The fourth-order valence-electron chi connectivity index (χ4n) is 2.93. The van der Waals surface area contributed by atoms with E-state index < -0.39 is 5.97 Å². The lowest BCUT2D eigenvalue weighted by Crippen LogP contribution is -2.36. The lowest BCUT2D eigenvalue weighted by Gasteiger charge is -2.36. The van der Waals surface area contributed by atoms with Crippen LogP contribution in [0, 0.1) is 5.41 Å². The molecule has 0 radical (unpaired) electrons. The first-order valence-corrected chi connectivity index (χ1v) is 7.00. The van der Waals surface area contributed by atoms with Crippen LogP contribution in [-0.2, 0) is 11.8 Å². The molecule has 0 spiro atoms. The molecule has 1 aliphatic rings. The molecule has 0 aromatic carbocycles. The summed E-state index contributed by atoms with van der Waals surface area (Å²) in [5.41, 5.74) is -0.444. The highest BCUT2D eigenvalue weighted by atomic mass is 16.4. The van der Waals surface area contributed by atoms with Crippen LogP contribution in [0.15, 0.2) is 17.2 Å². The average Bonchev–Trinajstić information content (AvgIpc) is 2.41. The van der Waals surface area contributed by atoms with Gasteiger partial charge in [0.15, 0.2) is 5.82 Å². The third-order valence-electron chi connectivity index (χ3n) is 4.09. The molecule has 0 unspecified atom stereocenters. The number of nitrogens with zero attached hydrogens (tertiary/aromatic N) is 2. The van der Waals surface area contributed by atoms with E-state index in [4.69, 9.17) is 5.11 Å². The van der Waals surface area contributed by atoms with Gasteiger partial charge in [-0.3, -0.25) is 9.59 Å². The third-order valence-corrected chi connectivity index (χ3v) is 4.09. The monoisotopic (exact) mass is 279 g/mol. The Kier molecular flexibility index (Phi) is 4.42. The van der Waals surface area contributed by atoms with E-state index in [1.807, 2.05) is 0 Å². The van der Waals surface area contributed by atoms with Crippen molar-refractivity contribution in [3.8, 4) is 0 Å². The van der Waals surface area contributed by atoms with Crippen molar-refractivity contribution in [2.75, 3.05) is 11.9 Å². The van der Waals surface area contributed by atoms with Gasteiger partial charge in [0.05, 0.1) is 6.42 Å². The molecule has 1 aliphatic carbocycles. The normalized spacial score (nSPS) is 17.6. The van der Waals surface area contributed by atoms with Crippen molar-refractivity contribution >= 4 is 11.8 Å². The van der Waals surface area contributed by atoms with Gasteiger partial charge >= 0.3 is 5.97 Å². The van der Waals surface area contributed by atoms with Gasteiger partial charge in [0, 0.05) is 26.0 Å². The van der Waals surface area contributed by atoms with Gasteiger partial charge < -0.3 is 15.0 Å². The molecular formula is C14H21N3O3. The number of nitrogens with one attached hydrogen (secondary N) is 1. The maximum absolute atomic E-state index is 11.9. The van der Waals surface area contributed by atoms with Gasteiger partial charge in [-0.25, -0.2) is 4.98 Å². The molecule has 2 rings (SSSR count). The van der Waals surface area contributed by atoms with Crippen LogP contribution in [0.2, 0.25) is 0 Å². The van der Waals surface area contributed by atoms with Crippen LogP contribution >= 0.6 is 0 Å². The van der Waals surface area contributed by atoms with E-state index in [0.29, 0.717) is 12.4 Å². The molecule has 6 heteroatoms. The van der Waals surface area contributed by atoms with Crippen LogP contribution in [-0.4, -0.2) is 27.2 Å². The Balaban J connectivity index is 2.10. The number of carbonyl (C=O) groups is 1. The Morgan fingerprint density at radius 2 is 2.15 bits per heavy atom. The van der Waals surface area contributed by atoms with Crippen LogP contribution in [0.3, 0.4) is 0 Å². The number of anilines is 1. The minimum atomic E-state index is -0.775. The number of aliphatic carboxylic acids is 1. The number of hydrogen-bond donors (Lipinski definition) is 2. The van der Waals surface area contributed by atoms with E-state index >= 15 is 0 Å². The van der Waals surface area contributed by atoms with Crippen LogP contribution in [0.4, 0.5) is 5.82 Å². The summed E-state index contributed by atoms with van der Waals surface area (Å²) >= 11 is 0. The summed E-state index contributed by atoms with van der Waals surface area (Å²) < 4.78 is 1.46. The summed E-state index contributed by atoms with van der Waals surface area (Å²) in [5, 5.41) is 12.2. The van der Waals surface area contributed by atoms with Crippen molar-refractivity contribution in [3.63, 3.8) is 0 Å². The van der Waals surface area contributed by atoms with E-state index in [1.54, 1.807) is 19.4 Å². The van der Waals surface area contributed by atoms with Crippen LogP contribution in [0.5, 0.6) is 0 Å². The van der Waals surface area contributed by atoms with Crippen LogP contribution in [0.25, 0.3) is 0 Å². The summed E-state index contributed by atoms with van der Waals surface area (Å²) in [6, 6.07) is 0. The van der Waals surface area contributed by atoms with Gasteiger partial charge in [0.1, 0.15) is 0 Å². The molecule has 2 N–H and O–H groups in total. The lowest BCUT2D eigenvalue weighted by atomic mass is 9.72. The molecule has 1 aromatic rings. The maximum Gasteiger partial charge on any atom is 0.303 e. The minimum Gasteiger partial charge on any atom is -0.481 e. The third kappa shape index (κ3) is 3.37. The first-order chi connectivity index (χ1) is 9.52. The number of carboxylic acid groups (broad SMARTS) is 1. The van der Waals surface area contributed by atoms with Crippen molar-refractivity contribution in [2.45, 2.75) is 38.5 Å². The van der Waals surface area contributed by atoms with Crippen LogP contribution < -0.4 is 10.9 Å². The molecule has 20 heavy (non-hydrogen) atoms. The molecule has 0 aliphatic heterocycles. The molecule has 0 saturated heterocycles. The number of aryl methyl sites for hydroxylation is 1. The summed E-state index contributed by atoms with van der Waals surface area (Å²) in [5.74, 6) is -0.479. The summed E-state index contributed by atoms with van der Waals surface area (Å²) in [4.78, 5) is 27.0. The zero-order chi connectivity index (χ0) is 14.6. The maximum atomic E-state index is 11.9. The Hall–Kier alpha value is -1.85. The van der Waals surface area contributed by atoms with Gasteiger partial charge in [-0.15, -0.1) is 0 Å². The van der Waals surface area contributed by atoms with Crippen molar-refractivity contribution in [2.24, 2.45) is 12.5 Å². The van der Waals surface area contributed by atoms with Crippen molar-refractivity contribution < 1.29 is 9.90 Å². The SMILES string of the molecule is Cn1ccnc(NCC2(CC(=O)O)CCCCC2)c1=O. The molecule has 1 heterocycles. The van der Waals surface area contributed by atoms with Gasteiger partial charge in [-0.2, -0.15) is 0 Å². The molecule has 1 fully saturated rings. The van der Waals surface area contributed by atoms with E-state index in [2.05, 4.69) is 10.3 Å². The van der Waals surface area contributed by atoms with Gasteiger partial charge in [-0.1, -0.05) is 19.3 Å². The highest BCUT2D eigenvalue weighted by molar-refractivity contribution is 5.67. The molecule has 0 bridgehead atoms. The Morgan fingerprint density at radius 1 is 1.45 bits per heavy atom. The molecule has 0 atom stereocenters. The summed E-state index contributed by atoms with van der Waals surface area (Å²) in [6.07, 6.45) is 8.35. The number of aromatic nitrogens is 2. The fraction of sp³-hybridized carbons (Fsp3) is 0.643. The van der Waals surface area contributed by atoms with Crippen LogP contribution in [0.1, 0.15) is 38.5 Å². The molecule has 0 amide bonds. The Bertz CT molecular complexity index is 533. The zero-order valence-corrected chi connectivity index (χ0v) is 11.8. The van der Waals surface area contributed by atoms with E-state index in [1.165, 1.54) is 4.57 Å². The second-order valence-corrected chi connectivity index (χ2v) is 5.68. The lowest BCUT2D eigenvalue weighted by molar-refractivity contribution is -0.140. The quantitative estimate of drug-likeness (QED) is 0.855. The first kappa shape index (κ1) is 14.6. The number of hydrogen-bond acceptors (Lipinski definition) is 4. The summed E-state index contributed by atoms with van der Waals surface area (Å²) in [7, 11) is 1.67. The molecule has 6 nitrogen and oxygen atoms in total. The standard InChI is InChI=1S/C14H21N3O3/c1-17-8-7-15-12(13(17)20)16-10-14(9-11(18)19)5-3-2-4-6-14/h7-8H,2-6,9-10H2,1H3,(H,15,16)(H,18,19). The molecular weight excluding hydrogens is 258 g/mol. The average molecular weight is 279 g/mol. The minimum absolute atomic E-state index is 0.146. The second kappa shape index (κ2) is 6.07. The van der Waals surface area contributed by atoms with Gasteiger partial charge in [-0.05, 0) is 18.3 Å². The highest BCUT2D eigenvalue weighted by Crippen LogP contribution is 2.39. The first-order valence-electron chi connectivity index (χ1n) is 7.00. The predicted octanol–water partition coefficient (Wildman–Crippen LogP) is 1.62. The number of rotatable bonds is 5. The van der Waals surface area contributed by atoms with Crippen molar-refractivity contribution in [3.05, 3.63) is 22.7 Å². The topological polar surface area (TPSA) is 84.2 Å². The zero-order valence-electron chi connectivity index (χ0n) is 11.8. The molecule has 110 valence electrons. The Morgan fingerprint density at radius 3 is 2.80 bits per heavy atom. The smallest absolute Gasteiger partial charge is 0.303 e. The van der Waals surface area contributed by atoms with E-state index in [0.717, 1.165) is 32.1 Å². The van der Waals surface area contributed by atoms with Gasteiger partial charge in [0.25, 0.3) is 5.56 Å². The van der Waals surface area contributed by atoms with E-state index in [-0.39, 0.29) is 17.4 Å². The molecule has 1 saturated carbocycles. The highest BCUT2D eigenvalue weighted by Gasteiger charge is 2.34. The number of carboxylic acids is 1. The fourth-order valence-corrected chi connectivity index (χ4v) is 2.93. The van der Waals surface area contributed by atoms with Crippen molar-refractivity contribution in [1.29, 1.82) is 0 Å². The van der Waals surface area contributed by atoms with Gasteiger partial charge in [0.2, 0.25) is 0 Å². The second-order valence-electron chi connectivity index (χ2n) is 5.68. The van der Waals surface area contributed by atoms with Crippen molar-refractivity contribution in [1.82, 2.24) is 9.55 Å². The molecule has 1 aromatic heterocycles. The Labute approximate surface area is 117 Å². The summed E-state index contributed by atoms with van der Waals surface area (Å²) in [6.45, 7) is 0.492.